The summed E-state index contributed by atoms with van der Waals surface area (Å²) >= 11 is 0. The Labute approximate surface area is 200 Å². The maximum Gasteiger partial charge on any atom is 0.231 e. The van der Waals surface area contributed by atoms with E-state index in [-0.39, 0.29) is 19.0 Å². The Hall–Kier alpha value is -2.91. The Bertz CT molecular complexity index is 1250. The Kier molecular flexibility index (Phi) is 5.64. The number of ketones is 1. The number of hydrogen-bond donors (Lipinski definition) is 2. The molecule has 8 heteroatoms. The van der Waals surface area contributed by atoms with Crippen LogP contribution in [0.4, 0.5) is 0 Å². The zero-order chi connectivity index (χ0) is 24.1. The summed E-state index contributed by atoms with van der Waals surface area (Å²) in [5, 5.41) is 0. The van der Waals surface area contributed by atoms with Crippen molar-refractivity contribution in [2.75, 3.05) is 20.9 Å². The molecular formula is C26H28N2O5S. The number of ether oxygens (including phenoxy) is 2. The van der Waals surface area contributed by atoms with Crippen LogP contribution >= 0.6 is 10.8 Å². The topological polar surface area (TPSA) is 92.1 Å². The van der Waals surface area contributed by atoms with E-state index in [2.05, 4.69) is 4.98 Å². The van der Waals surface area contributed by atoms with Gasteiger partial charge in [0.15, 0.2) is 11.5 Å². The van der Waals surface area contributed by atoms with Gasteiger partial charge >= 0.3 is 0 Å². The van der Waals surface area contributed by atoms with Gasteiger partial charge in [0.25, 0.3) is 0 Å². The number of Topliss-reactive ketones (excluding diaryl/α,β-unsaturated/α-hetero) is 1. The molecule has 1 aromatic heterocycles. The van der Waals surface area contributed by atoms with Crippen molar-refractivity contribution in [1.82, 2.24) is 9.29 Å². The molecule has 0 atom stereocenters. The van der Waals surface area contributed by atoms with Crippen LogP contribution in [0.5, 0.6) is 11.5 Å². The van der Waals surface area contributed by atoms with Crippen molar-refractivity contribution in [3.05, 3.63) is 71.5 Å². The minimum Gasteiger partial charge on any atom is -0.454 e. The molecular weight excluding hydrogens is 452 g/mol. The van der Waals surface area contributed by atoms with E-state index in [0.29, 0.717) is 10.6 Å². The fourth-order valence-corrected chi connectivity index (χ4v) is 5.35. The minimum atomic E-state index is -2.98. The molecule has 2 heterocycles. The third-order valence-corrected chi connectivity index (χ3v) is 8.63. The predicted octanol–water partition coefficient (Wildman–Crippen LogP) is 5.22. The standard InChI is InChI=1S/C26H28N2O5S/c1-17-12-20(27-15-22(17)18-4-7-21(8-5-18)34(30,31)28(2)3)14-25(29)26(10-11-26)19-6-9-23-24(13-19)33-16-32-23/h4-9,12-13,15,30-31H,10-11,14,16H2,1-3H3. The molecule has 1 aliphatic carbocycles. The predicted molar refractivity (Wildman–Crippen MR) is 131 cm³/mol. The molecule has 0 unspecified atom stereocenters. The second-order valence-electron chi connectivity index (χ2n) is 9.10. The van der Waals surface area contributed by atoms with Gasteiger partial charge in [-0.3, -0.25) is 18.9 Å². The van der Waals surface area contributed by atoms with Crippen LogP contribution in [0, 0.1) is 6.92 Å². The average molecular weight is 481 g/mol. The van der Waals surface area contributed by atoms with E-state index in [0.717, 1.165) is 46.5 Å². The number of aryl methyl sites for hydroxylation is 1. The lowest BCUT2D eigenvalue weighted by molar-refractivity contribution is -0.120. The van der Waals surface area contributed by atoms with Crippen LogP contribution in [0.2, 0.25) is 0 Å². The van der Waals surface area contributed by atoms with Gasteiger partial charge in [0.2, 0.25) is 6.79 Å². The highest BCUT2D eigenvalue weighted by Crippen LogP contribution is 2.52. The van der Waals surface area contributed by atoms with Crippen molar-refractivity contribution in [3.8, 4) is 22.6 Å². The molecule has 178 valence electrons. The highest BCUT2D eigenvalue weighted by atomic mass is 32.3. The van der Waals surface area contributed by atoms with Crippen molar-refractivity contribution >= 4 is 16.6 Å². The van der Waals surface area contributed by atoms with Gasteiger partial charge in [-0.2, -0.15) is 0 Å². The molecule has 1 fully saturated rings. The number of nitrogens with zero attached hydrogens (tertiary/aromatic N) is 2. The van der Waals surface area contributed by atoms with Crippen molar-refractivity contribution in [1.29, 1.82) is 0 Å². The molecule has 7 nitrogen and oxygen atoms in total. The van der Waals surface area contributed by atoms with Gasteiger partial charge in [-0.1, -0.05) is 18.2 Å². The first-order chi connectivity index (χ1) is 16.2. The van der Waals surface area contributed by atoms with E-state index in [1.165, 1.54) is 4.31 Å². The quantitative estimate of drug-likeness (QED) is 0.479. The second-order valence-corrected chi connectivity index (χ2v) is 11.3. The first-order valence-corrected chi connectivity index (χ1v) is 12.7. The summed E-state index contributed by atoms with van der Waals surface area (Å²) in [5.74, 6) is 1.59. The average Bonchev–Trinajstić information content (AvgIpc) is 3.50. The van der Waals surface area contributed by atoms with Crippen molar-refractivity contribution in [3.63, 3.8) is 0 Å². The second kappa shape index (κ2) is 8.39. The van der Waals surface area contributed by atoms with Gasteiger partial charge in [-0.15, -0.1) is 10.8 Å². The summed E-state index contributed by atoms with van der Waals surface area (Å²) in [5.41, 5.74) is 4.16. The smallest absolute Gasteiger partial charge is 0.231 e. The number of rotatable bonds is 7. The summed E-state index contributed by atoms with van der Waals surface area (Å²) in [6.07, 6.45) is 3.73. The molecule has 2 N–H and O–H groups in total. The molecule has 0 saturated heterocycles. The van der Waals surface area contributed by atoms with Crippen LogP contribution in [0.1, 0.15) is 29.7 Å². The lowest BCUT2D eigenvalue weighted by Gasteiger charge is -2.38. The Morgan fingerprint density at radius 3 is 2.41 bits per heavy atom. The highest BCUT2D eigenvalue weighted by Gasteiger charge is 2.51. The number of aromatic nitrogens is 1. The number of carbonyl (C=O) groups is 1. The summed E-state index contributed by atoms with van der Waals surface area (Å²) in [7, 11) is 0.294. The SMILES string of the molecule is Cc1cc(CC(=O)C2(c3ccc4c(c3)OCO4)CC2)ncc1-c1ccc(S(O)(O)N(C)C)cc1. The summed E-state index contributed by atoms with van der Waals surface area (Å²) < 4.78 is 32.9. The van der Waals surface area contributed by atoms with Crippen LogP contribution in [0.15, 0.2) is 59.6 Å². The molecule has 0 spiro atoms. The third kappa shape index (κ3) is 3.96. The zero-order valence-electron chi connectivity index (χ0n) is 19.4. The van der Waals surface area contributed by atoms with Crippen molar-refractivity contribution < 1.29 is 23.4 Å². The molecule has 0 bridgehead atoms. The van der Waals surface area contributed by atoms with Crippen molar-refractivity contribution in [2.45, 2.75) is 36.5 Å². The molecule has 1 aliphatic heterocycles. The Morgan fingerprint density at radius 1 is 1.06 bits per heavy atom. The number of fused-ring (bicyclic) bond motifs is 1. The van der Waals surface area contributed by atoms with Gasteiger partial charge in [-0.25, -0.2) is 4.31 Å². The van der Waals surface area contributed by atoms with Gasteiger partial charge in [-0.05, 0) is 66.8 Å². The van der Waals surface area contributed by atoms with Gasteiger partial charge < -0.3 is 9.47 Å². The molecule has 0 amide bonds. The first-order valence-electron chi connectivity index (χ1n) is 11.2. The van der Waals surface area contributed by atoms with E-state index in [1.54, 1.807) is 32.4 Å². The van der Waals surface area contributed by atoms with Crippen LogP contribution in [0.25, 0.3) is 11.1 Å². The van der Waals surface area contributed by atoms with Crippen molar-refractivity contribution in [2.24, 2.45) is 0 Å². The summed E-state index contributed by atoms with van der Waals surface area (Å²) in [4.78, 5) is 18.3. The minimum absolute atomic E-state index is 0.171. The molecule has 5 rings (SSSR count). The van der Waals surface area contributed by atoms with E-state index >= 15 is 0 Å². The maximum atomic E-state index is 13.3. The number of carbonyl (C=O) groups excluding carboxylic acids is 1. The van der Waals surface area contributed by atoms with Gasteiger partial charge in [0.1, 0.15) is 5.78 Å². The van der Waals surface area contributed by atoms with Gasteiger partial charge in [0.05, 0.1) is 10.3 Å². The van der Waals surface area contributed by atoms with Crippen LogP contribution in [-0.2, 0) is 16.6 Å². The number of pyridine rings is 1. The number of hydrogen-bond acceptors (Lipinski definition) is 7. The van der Waals surface area contributed by atoms with Crippen LogP contribution in [-0.4, -0.2) is 45.1 Å². The molecule has 3 aromatic rings. The molecule has 2 aliphatic rings. The van der Waals surface area contributed by atoms with E-state index in [4.69, 9.17) is 9.47 Å². The summed E-state index contributed by atoms with van der Waals surface area (Å²) in [6.45, 7) is 2.22. The molecule has 1 saturated carbocycles. The number of benzene rings is 2. The largest absolute Gasteiger partial charge is 0.454 e. The van der Waals surface area contributed by atoms with Gasteiger partial charge in [0, 0.05) is 38.0 Å². The van der Waals surface area contributed by atoms with Crippen LogP contribution < -0.4 is 9.47 Å². The van der Waals surface area contributed by atoms with E-state index in [1.807, 2.05) is 43.3 Å². The zero-order valence-corrected chi connectivity index (χ0v) is 20.3. The summed E-state index contributed by atoms with van der Waals surface area (Å²) in [6, 6.07) is 14.9. The Balaban J connectivity index is 1.33. The first kappa shape index (κ1) is 22.9. The fraction of sp³-hybridized carbons (Fsp3) is 0.308. The monoisotopic (exact) mass is 480 g/mol. The lowest BCUT2D eigenvalue weighted by Crippen LogP contribution is -2.23. The van der Waals surface area contributed by atoms with E-state index in [9.17, 15) is 13.9 Å². The van der Waals surface area contributed by atoms with Crippen LogP contribution in [0.3, 0.4) is 0 Å². The normalized spacial score (nSPS) is 16.5. The van der Waals surface area contributed by atoms with E-state index < -0.39 is 16.2 Å². The fourth-order valence-electron chi connectivity index (χ4n) is 4.42. The Morgan fingerprint density at radius 2 is 1.76 bits per heavy atom. The molecule has 2 aromatic carbocycles. The molecule has 34 heavy (non-hydrogen) atoms. The third-order valence-electron chi connectivity index (χ3n) is 6.71. The molecule has 0 radical (unpaired) electrons. The maximum absolute atomic E-state index is 13.3. The highest BCUT2D eigenvalue weighted by molar-refractivity contribution is 8.22. The lowest BCUT2D eigenvalue weighted by atomic mass is 9.88.